The summed E-state index contributed by atoms with van der Waals surface area (Å²) in [7, 11) is 1.66. The molecule has 0 spiro atoms. The summed E-state index contributed by atoms with van der Waals surface area (Å²) >= 11 is 2.20. The highest BCUT2D eigenvalue weighted by Crippen LogP contribution is 2.34. The minimum absolute atomic E-state index is 0.0452. The topological polar surface area (TPSA) is 67.2 Å². The first-order valence-corrected chi connectivity index (χ1v) is 6.67. The molecule has 2 aromatic carbocycles. The number of hydrogen-bond acceptors (Lipinski definition) is 4. The van der Waals surface area contributed by atoms with Gasteiger partial charge in [0.15, 0.2) is 0 Å². The van der Waals surface area contributed by atoms with Gasteiger partial charge in [0.05, 0.1) is 4.92 Å². The van der Waals surface area contributed by atoms with Crippen molar-refractivity contribution in [2.75, 3.05) is 17.7 Å². The largest absolute Gasteiger partial charge is 0.382 e. The fraction of sp³-hybridized carbons (Fsp3) is 0.0769. The Morgan fingerprint density at radius 2 is 1.84 bits per heavy atom. The van der Waals surface area contributed by atoms with Gasteiger partial charge in [0.25, 0.3) is 0 Å². The number of halogens is 1. The van der Waals surface area contributed by atoms with Gasteiger partial charge in [-0.25, -0.2) is 0 Å². The van der Waals surface area contributed by atoms with E-state index in [1.54, 1.807) is 25.2 Å². The van der Waals surface area contributed by atoms with Crippen molar-refractivity contribution in [1.29, 1.82) is 0 Å². The van der Waals surface area contributed by atoms with Crippen molar-refractivity contribution < 1.29 is 4.92 Å². The number of para-hydroxylation sites is 1. The van der Waals surface area contributed by atoms with E-state index < -0.39 is 0 Å². The van der Waals surface area contributed by atoms with Crippen molar-refractivity contribution in [3.05, 3.63) is 56.1 Å². The number of hydrogen-bond donors (Lipinski definition) is 2. The molecular weight excluding hydrogens is 357 g/mol. The minimum atomic E-state index is -0.387. The molecule has 0 radical (unpaired) electrons. The van der Waals surface area contributed by atoms with Crippen LogP contribution in [0.25, 0.3) is 0 Å². The summed E-state index contributed by atoms with van der Waals surface area (Å²) in [5.41, 5.74) is 1.83. The van der Waals surface area contributed by atoms with Crippen molar-refractivity contribution in [1.82, 2.24) is 0 Å². The van der Waals surface area contributed by atoms with E-state index in [0.717, 1.165) is 9.26 Å². The predicted molar refractivity (Wildman–Crippen MR) is 85.1 cm³/mol. The Balaban J connectivity index is 2.42. The number of nitro groups is 1. The van der Waals surface area contributed by atoms with Gasteiger partial charge >= 0.3 is 5.69 Å². The molecule has 0 aliphatic heterocycles. The highest BCUT2D eigenvalue weighted by molar-refractivity contribution is 14.1. The van der Waals surface area contributed by atoms with E-state index in [-0.39, 0.29) is 10.6 Å². The van der Waals surface area contributed by atoms with Gasteiger partial charge < -0.3 is 10.6 Å². The molecule has 98 valence electrons. The summed E-state index contributed by atoms with van der Waals surface area (Å²) in [6.07, 6.45) is 0. The zero-order chi connectivity index (χ0) is 13.8. The number of rotatable bonds is 4. The highest BCUT2D eigenvalue weighted by atomic mass is 127. The van der Waals surface area contributed by atoms with Crippen LogP contribution in [-0.4, -0.2) is 12.0 Å². The first-order chi connectivity index (χ1) is 9.11. The quantitative estimate of drug-likeness (QED) is 0.486. The molecule has 0 aliphatic rings. The van der Waals surface area contributed by atoms with Gasteiger partial charge in [0, 0.05) is 16.3 Å². The second kappa shape index (κ2) is 5.87. The monoisotopic (exact) mass is 369 g/mol. The van der Waals surface area contributed by atoms with Crippen LogP contribution >= 0.6 is 22.6 Å². The zero-order valence-corrected chi connectivity index (χ0v) is 12.3. The number of benzene rings is 2. The zero-order valence-electron chi connectivity index (χ0n) is 10.2. The van der Waals surface area contributed by atoms with Crippen molar-refractivity contribution in [2.24, 2.45) is 0 Å². The Morgan fingerprint density at radius 3 is 2.47 bits per heavy atom. The Kier molecular flexibility index (Phi) is 4.20. The van der Waals surface area contributed by atoms with Gasteiger partial charge in [-0.1, -0.05) is 12.1 Å². The molecule has 0 heterocycles. The third kappa shape index (κ3) is 3.14. The molecule has 2 aromatic rings. The summed E-state index contributed by atoms with van der Waals surface area (Å²) in [6, 6.07) is 12.8. The van der Waals surface area contributed by atoms with Gasteiger partial charge in [-0.15, -0.1) is 0 Å². The number of nitro benzene ring substituents is 1. The van der Waals surface area contributed by atoms with Crippen LogP contribution in [0.4, 0.5) is 22.7 Å². The van der Waals surface area contributed by atoms with Gasteiger partial charge in [0.1, 0.15) is 11.4 Å². The molecule has 6 heteroatoms. The Hall–Kier alpha value is -1.83. The molecule has 0 bridgehead atoms. The first kappa shape index (κ1) is 13.6. The third-order valence-electron chi connectivity index (χ3n) is 2.59. The number of nitrogens with one attached hydrogen (secondary N) is 2. The van der Waals surface area contributed by atoms with Crippen LogP contribution in [0.5, 0.6) is 0 Å². The fourth-order valence-electron chi connectivity index (χ4n) is 1.76. The van der Waals surface area contributed by atoms with Crippen molar-refractivity contribution in [3.8, 4) is 0 Å². The third-order valence-corrected chi connectivity index (χ3v) is 3.26. The Morgan fingerprint density at radius 1 is 1.16 bits per heavy atom. The van der Waals surface area contributed by atoms with E-state index in [2.05, 4.69) is 33.2 Å². The molecule has 0 saturated carbocycles. The van der Waals surface area contributed by atoms with E-state index in [0.29, 0.717) is 11.4 Å². The lowest BCUT2D eigenvalue weighted by Gasteiger charge is -2.10. The van der Waals surface area contributed by atoms with Gasteiger partial charge in [-0.2, -0.15) is 0 Å². The lowest BCUT2D eigenvalue weighted by atomic mass is 10.2. The van der Waals surface area contributed by atoms with E-state index in [1.807, 2.05) is 24.3 Å². The van der Waals surface area contributed by atoms with Crippen molar-refractivity contribution in [2.45, 2.75) is 0 Å². The van der Waals surface area contributed by atoms with Crippen LogP contribution in [0.1, 0.15) is 0 Å². The van der Waals surface area contributed by atoms with Crippen LogP contribution in [-0.2, 0) is 0 Å². The molecule has 0 atom stereocenters. The van der Waals surface area contributed by atoms with Crippen LogP contribution in [0.2, 0.25) is 0 Å². The molecule has 0 aliphatic carbocycles. The molecule has 5 nitrogen and oxygen atoms in total. The average molecular weight is 369 g/mol. The first-order valence-electron chi connectivity index (χ1n) is 5.59. The molecule has 19 heavy (non-hydrogen) atoms. The van der Waals surface area contributed by atoms with Gasteiger partial charge in [-0.05, 0) is 52.9 Å². The summed E-state index contributed by atoms with van der Waals surface area (Å²) in [6.45, 7) is 0. The van der Waals surface area contributed by atoms with Crippen LogP contribution in [0.3, 0.4) is 0 Å². The van der Waals surface area contributed by atoms with Crippen LogP contribution < -0.4 is 10.6 Å². The average Bonchev–Trinajstić information content (AvgIpc) is 2.38. The van der Waals surface area contributed by atoms with Crippen molar-refractivity contribution >= 4 is 45.3 Å². The molecule has 2 rings (SSSR count). The molecule has 0 aromatic heterocycles. The number of anilines is 3. The smallest absolute Gasteiger partial charge is 0.315 e. The molecular formula is C13H12IN3O2. The van der Waals surface area contributed by atoms with Gasteiger partial charge in [-0.3, -0.25) is 10.1 Å². The van der Waals surface area contributed by atoms with E-state index in [4.69, 9.17) is 0 Å². The summed E-state index contributed by atoms with van der Waals surface area (Å²) in [5.74, 6) is 0. The van der Waals surface area contributed by atoms with Crippen LogP contribution in [0, 0.1) is 13.7 Å². The lowest BCUT2D eigenvalue weighted by Crippen LogP contribution is -2.01. The van der Waals surface area contributed by atoms with Gasteiger partial charge in [0.2, 0.25) is 0 Å². The number of nitrogens with zero attached hydrogens (tertiary/aromatic N) is 1. The highest BCUT2D eigenvalue weighted by Gasteiger charge is 2.18. The van der Waals surface area contributed by atoms with E-state index in [1.165, 1.54) is 0 Å². The maximum atomic E-state index is 11.2. The summed E-state index contributed by atoms with van der Waals surface area (Å²) in [4.78, 5) is 10.8. The van der Waals surface area contributed by atoms with E-state index >= 15 is 0 Å². The molecule has 0 unspecified atom stereocenters. The minimum Gasteiger partial charge on any atom is -0.382 e. The summed E-state index contributed by atoms with van der Waals surface area (Å²) < 4.78 is 1.06. The molecule has 2 N–H and O–H groups in total. The molecule has 0 fully saturated rings. The maximum absolute atomic E-state index is 11.2. The lowest BCUT2D eigenvalue weighted by molar-refractivity contribution is -0.383. The molecule has 0 amide bonds. The maximum Gasteiger partial charge on any atom is 0.315 e. The SMILES string of the molecule is CNc1cccc(Nc2cccc(I)c2)c1[N+](=O)[O-]. The van der Waals surface area contributed by atoms with E-state index in [9.17, 15) is 10.1 Å². The summed E-state index contributed by atoms with van der Waals surface area (Å²) in [5, 5.41) is 17.1. The second-order valence-corrected chi connectivity index (χ2v) is 5.09. The standard InChI is InChI=1S/C13H12IN3O2/c1-15-11-6-3-7-12(13(11)17(18)19)16-10-5-2-4-9(14)8-10/h2-8,15-16H,1H3. The van der Waals surface area contributed by atoms with Crippen molar-refractivity contribution in [3.63, 3.8) is 0 Å². The normalized spacial score (nSPS) is 10.0. The Bertz CT molecular complexity index is 617. The predicted octanol–water partition coefficient (Wildman–Crippen LogP) is 3.98. The fourth-order valence-corrected chi connectivity index (χ4v) is 2.31. The molecule has 0 saturated heterocycles. The second-order valence-electron chi connectivity index (χ2n) is 3.84. The van der Waals surface area contributed by atoms with Crippen LogP contribution in [0.15, 0.2) is 42.5 Å². The Labute approximate surface area is 124 Å².